The van der Waals surface area contributed by atoms with E-state index < -0.39 is 6.04 Å². The molecule has 0 aromatic heterocycles. The summed E-state index contributed by atoms with van der Waals surface area (Å²) >= 11 is 0. The molecule has 0 aliphatic carbocycles. The Kier molecular flexibility index (Phi) is 4.54. The van der Waals surface area contributed by atoms with Crippen LogP contribution in [0.2, 0.25) is 0 Å². The van der Waals surface area contributed by atoms with E-state index in [9.17, 15) is 4.79 Å². The van der Waals surface area contributed by atoms with Gasteiger partial charge in [-0.05, 0) is 19.3 Å². The minimum atomic E-state index is -0.405. The van der Waals surface area contributed by atoms with Crippen LogP contribution in [-0.4, -0.2) is 42.6 Å². The first-order valence-electron chi connectivity index (χ1n) is 5.66. The molecule has 1 aliphatic heterocycles. The number of amides is 1. The monoisotopic (exact) mass is 214 g/mol. The van der Waals surface area contributed by atoms with Crippen LogP contribution in [0.1, 0.15) is 27.2 Å². The summed E-state index contributed by atoms with van der Waals surface area (Å²) in [5.74, 6) is 0.615. The fraction of sp³-hybridized carbons (Fsp3) is 0.909. The van der Waals surface area contributed by atoms with Gasteiger partial charge in [0, 0.05) is 6.54 Å². The normalized spacial score (nSPS) is 24.3. The van der Waals surface area contributed by atoms with Crippen LogP contribution in [0.4, 0.5) is 0 Å². The Morgan fingerprint density at radius 1 is 1.53 bits per heavy atom. The fourth-order valence-corrected chi connectivity index (χ4v) is 1.95. The molecule has 0 saturated carbocycles. The highest BCUT2D eigenvalue weighted by Gasteiger charge is 2.29. The van der Waals surface area contributed by atoms with Gasteiger partial charge in [-0.1, -0.05) is 13.8 Å². The molecule has 2 atom stereocenters. The number of ether oxygens (including phenoxy) is 1. The summed E-state index contributed by atoms with van der Waals surface area (Å²) in [5.41, 5.74) is 5.63. The molecule has 1 amide bonds. The smallest absolute Gasteiger partial charge is 0.239 e. The van der Waals surface area contributed by atoms with Crippen LogP contribution < -0.4 is 5.73 Å². The highest BCUT2D eigenvalue weighted by molar-refractivity contribution is 5.81. The van der Waals surface area contributed by atoms with Gasteiger partial charge in [-0.3, -0.25) is 4.79 Å². The van der Waals surface area contributed by atoms with Gasteiger partial charge >= 0.3 is 0 Å². The molecular weight excluding hydrogens is 192 g/mol. The lowest BCUT2D eigenvalue weighted by Gasteiger charge is -2.37. The molecule has 1 saturated heterocycles. The molecule has 0 radical (unpaired) electrons. The summed E-state index contributed by atoms with van der Waals surface area (Å²) in [5, 5.41) is 0. The average molecular weight is 214 g/mol. The maximum Gasteiger partial charge on any atom is 0.239 e. The van der Waals surface area contributed by atoms with Crippen LogP contribution in [0, 0.1) is 5.92 Å². The molecule has 1 rings (SSSR count). The second kappa shape index (κ2) is 5.47. The first-order chi connectivity index (χ1) is 7.02. The van der Waals surface area contributed by atoms with Gasteiger partial charge in [-0.25, -0.2) is 0 Å². The molecule has 88 valence electrons. The van der Waals surface area contributed by atoms with E-state index in [0.29, 0.717) is 25.7 Å². The molecule has 1 aliphatic rings. The zero-order valence-electron chi connectivity index (χ0n) is 9.90. The number of nitrogens with two attached hydrogens (primary N) is 1. The molecule has 15 heavy (non-hydrogen) atoms. The zero-order valence-corrected chi connectivity index (χ0v) is 9.90. The van der Waals surface area contributed by atoms with E-state index in [-0.39, 0.29) is 11.9 Å². The lowest BCUT2D eigenvalue weighted by Crippen LogP contribution is -2.53. The van der Waals surface area contributed by atoms with Gasteiger partial charge in [0.2, 0.25) is 5.91 Å². The second-order valence-electron chi connectivity index (χ2n) is 4.68. The molecular formula is C11H22N2O2. The molecule has 0 aromatic rings. The molecule has 1 fully saturated rings. The Bertz CT molecular complexity index is 217. The van der Waals surface area contributed by atoms with Gasteiger partial charge in [-0.15, -0.1) is 0 Å². The predicted molar refractivity (Wildman–Crippen MR) is 59.4 cm³/mol. The third kappa shape index (κ3) is 3.47. The highest BCUT2D eigenvalue weighted by atomic mass is 16.5. The van der Waals surface area contributed by atoms with E-state index in [1.807, 2.05) is 4.90 Å². The summed E-state index contributed by atoms with van der Waals surface area (Å²) in [7, 11) is 0. The highest BCUT2D eigenvalue weighted by Crippen LogP contribution is 2.16. The summed E-state index contributed by atoms with van der Waals surface area (Å²) < 4.78 is 5.41. The first-order valence-corrected chi connectivity index (χ1v) is 5.66. The van der Waals surface area contributed by atoms with E-state index in [1.165, 1.54) is 0 Å². The van der Waals surface area contributed by atoms with Crippen LogP contribution in [0.5, 0.6) is 0 Å². The lowest BCUT2D eigenvalue weighted by atomic mass is 10.0. The third-order valence-corrected chi connectivity index (χ3v) is 2.64. The van der Waals surface area contributed by atoms with E-state index in [4.69, 9.17) is 10.5 Å². The van der Waals surface area contributed by atoms with Crippen molar-refractivity contribution in [1.82, 2.24) is 4.90 Å². The van der Waals surface area contributed by atoms with Crippen molar-refractivity contribution in [2.75, 3.05) is 19.8 Å². The number of hydrogen-bond acceptors (Lipinski definition) is 3. The SMILES string of the molecule is CC(C)CC1COCCN1C(=O)[C@@H](C)N. The van der Waals surface area contributed by atoms with Gasteiger partial charge in [0.05, 0.1) is 25.3 Å². The van der Waals surface area contributed by atoms with Crippen molar-refractivity contribution in [3.05, 3.63) is 0 Å². The Balaban J connectivity index is 2.61. The number of carbonyl (C=O) groups is 1. The summed E-state index contributed by atoms with van der Waals surface area (Å²) in [6, 6.07) is -0.199. The van der Waals surface area contributed by atoms with Crippen molar-refractivity contribution in [2.45, 2.75) is 39.3 Å². The Morgan fingerprint density at radius 3 is 2.73 bits per heavy atom. The van der Waals surface area contributed by atoms with Crippen molar-refractivity contribution in [1.29, 1.82) is 0 Å². The molecule has 2 N–H and O–H groups in total. The minimum absolute atomic E-state index is 0.0453. The topological polar surface area (TPSA) is 55.6 Å². The zero-order chi connectivity index (χ0) is 11.4. The Morgan fingerprint density at radius 2 is 2.20 bits per heavy atom. The Labute approximate surface area is 91.8 Å². The molecule has 1 heterocycles. The van der Waals surface area contributed by atoms with E-state index in [0.717, 1.165) is 6.42 Å². The maximum atomic E-state index is 11.8. The number of rotatable bonds is 3. The molecule has 0 aromatic carbocycles. The van der Waals surface area contributed by atoms with Crippen LogP contribution >= 0.6 is 0 Å². The predicted octanol–water partition coefficient (Wildman–Crippen LogP) is 0.607. The van der Waals surface area contributed by atoms with Crippen molar-refractivity contribution >= 4 is 5.91 Å². The second-order valence-corrected chi connectivity index (χ2v) is 4.68. The quantitative estimate of drug-likeness (QED) is 0.749. The standard InChI is InChI=1S/C11H22N2O2/c1-8(2)6-10-7-15-5-4-13(10)11(14)9(3)12/h8-10H,4-7,12H2,1-3H3/t9-,10?/m1/s1. The van der Waals surface area contributed by atoms with Gasteiger partial charge in [0.15, 0.2) is 0 Å². The molecule has 4 nitrogen and oxygen atoms in total. The number of hydrogen-bond donors (Lipinski definition) is 1. The summed E-state index contributed by atoms with van der Waals surface area (Å²) in [6.07, 6.45) is 0.985. The van der Waals surface area contributed by atoms with Crippen molar-refractivity contribution < 1.29 is 9.53 Å². The van der Waals surface area contributed by atoms with Crippen molar-refractivity contribution in [3.8, 4) is 0 Å². The maximum absolute atomic E-state index is 11.8. The molecule has 0 spiro atoms. The minimum Gasteiger partial charge on any atom is -0.377 e. The molecule has 1 unspecified atom stereocenters. The molecule has 0 bridgehead atoms. The van der Waals surface area contributed by atoms with Crippen molar-refractivity contribution in [3.63, 3.8) is 0 Å². The summed E-state index contributed by atoms with van der Waals surface area (Å²) in [6.45, 7) is 8.01. The summed E-state index contributed by atoms with van der Waals surface area (Å²) in [4.78, 5) is 13.7. The van der Waals surface area contributed by atoms with Gasteiger partial charge < -0.3 is 15.4 Å². The van der Waals surface area contributed by atoms with E-state index in [1.54, 1.807) is 6.92 Å². The number of carbonyl (C=O) groups excluding carboxylic acids is 1. The molecule has 4 heteroatoms. The van der Waals surface area contributed by atoms with Crippen LogP contribution in [-0.2, 0) is 9.53 Å². The van der Waals surface area contributed by atoms with Crippen molar-refractivity contribution in [2.24, 2.45) is 11.7 Å². The van der Waals surface area contributed by atoms with Gasteiger partial charge in [0.25, 0.3) is 0 Å². The van der Waals surface area contributed by atoms with Gasteiger partial charge in [0.1, 0.15) is 0 Å². The van der Waals surface area contributed by atoms with E-state index in [2.05, 4.69) is 13.8 Å². The third-order valence-electron chi connectivity index (χ3n) is 2.64. The number of nitrogens with zero attached hydrogens (tertiary/aromatic N) is 1. The number of morpholine rings is 1. The van der Waals surface area contributed by atoms with E-state index >= 15 is 0 Å². The largest absolute Gasteiger partial charge is 0.377 e. The van der Waals surface area contributed by atoms with Crippen LogP contribution in [0.3, 0.4) is 0 Å². The fourth-order valence-electron chi connectivity index (χ4n) is 1.95. The lowest BCUT2D eigenvalue weighted by molar-refractivity contribution is -0.141. The average Bonchev–Trinajstić information content (AvgIpc) is 2.16. The Hall–Kier alpha value is -0.610. The first kappa shape index (κ1) is 12.5. The van der Waals surface area contributed by atoms with Crippen LogP contribution in [0.25, 0.3) is 0 Å². The van der Waals surface area contributed by atoms with Crippen LogP contribution in [0.15, 0.2) is 0 Å². The van der Waals surface area contributed by atoms with Gasteiger partial charge in [-0.2, -0.15) is 0 Å².